The summed E-state index contributed by atoms with van der Waals surface area (Å²) in [6.07, 6.45) is 3.98. The zero-order chi connectivity index (χ0) is 11.4. The van der Waals surface area contributed by atoms with Crippen LogP contribution in [0.25, 0.3) is 0 Å². The standard InChI is InChI=1S/C13H26N2O/c1-3-5-12(4-2)14-6-8-15(9-7-14)13-10-16-11-13/h12-13H,3-11H2,1-2H3. The second kappa shape index (κ2) is 5.99. The molecule has 1 unspecified atom stereocenters. The summed E-state index contributed by atoms with van der Waals surface area (Å²) >= 11 is 0. The minimum Gasteiger partial charge on any atom is -0.378 e. The highest BCUT2D eigenvalue weighted by molar-refractivity contribution is 4.84. The Hall–Kier alpha value is -0.120. The molecule has 2 aliphatic rings. The summed E-state index contributed by atoms with van der Waals surface area (Å²) in [5, 5.41) is 0. The van der Waals surface area contributed by atoms with Gasteiger partial charge in [0.1, 0.15) is 0 Å². The molecular formula is C13H26N2O. The number of hydrogen-bond acceptors (Lipinski definition) is 3. The molecule has 0 N–H and O–H groups in total. The Kier molecular flexibility index (Phi) is 4.62. The first-order valence-corrected chi connectivity index (χ1v) is 6.91. The minimum atomic E-state index is 0.730. The molecule has 0 saturated carbocycles. The van der Waals surface area contributed by atoms with Crippen molar-refractivity contribution in [1.29, 1.82) is 0 Å². The predicted molar refractivity (Wildman–Crippen MR) is 66.7 cm³/mol. The van der Waals surface area contributed by atoms with E-state index in [0.29, 0.717) is 0 Å². The Balaban J connectivity index is 1.74. The minimum absolute atomic E-state index is 0.730. The van der Waals surface area contributed by atoms with Crippen LogP contribution in [0.1, 0.15) is 33.1 Å². The number of rotatable bonds is 5. The van der Waals surface area contributed by atoms with E-state index in [2.05, 4.69) is 23.6 Å². The van der Waals surface area contributed by atoms with E-state index in [1.165, 1.54) is 45.4 Å². The van der Waals surface area contributed by atoms with E-state index >= 15 is 0 Å². The second-order valence-corrected chi connectivity index (χ2v) is 5.11. The molecule has 1 atom stereocenters. The van der Waals surface area contributed by atoms with Crippen LogP contribution in [0.3, 0.4) is 0 Å². The molecule has 0 aromatic heterocycles. The molecule has 0 aliphatic carbocycles. The molecule has 16 heavy (non-hydrogen) atoms. The largest absolute Gasteiger partial charge is 0.378 e. The lowest BCUT2D eigenvalue weighted by Crippen LogP contribution is -2.58. The molecule has 2 aliphatic heterocycles. The summed E-state index contributed by atoms with van der Waals surface area (Å²) in [6.45, 7) is 11.6. The molecule has 2 heterocycles. The van der Waals surface area contributed by atoms with Crippen molar-refractivity contribution < 1.29 is 4.74 Å². The highest BCUT2D eigenvalue weighted by Gasteiger charge is 2.30. The molecule has 0 aromatic rings. The van der Waals surface area contributed by atoms with Crippen LogP contribution in [0.5, 0.6) is 0 Å². The van der Waals surface area contributed by atoms with Gasteiger partial charge in [-0.3, -0.25) is 9.80 Å². The smallest absolute Gasteiger partial charge is 0.0645 e. The van der Waals surface area contributed by atoms with Crippen molar-refractivity contribution in [3.63, 3.8) is 0 Å². The summed E-state index contributed by atoms with van der Waals surface area (Å²) in [5.74, 6) is 0. The maximum atomic E-state index is 5.27. The van der Waals surface area contributed by atoms with E-state index in [1.807, 2.05) is 0 Å². The molecule has 0 aromatic carbocycles. The number of nitrogens with zero attached hydrogens (tertiary/aromatic N) is 2. The van der Waals surface area contributed by atoms with Crippen molar-refractivity contribution in [3.8, 4) is 0 Å². The van der Waals surface area contributed by atoms with Crippen LogP contribution in [0.2, 0.25) is 0 Å². The van der Waals surface area contributed by atoms with Gasteiger partial charge in [0.25, 0.3) is 0 Å². The lowest BCUT2D eigenvalue weighted by Gasteiger charge is -2.44. The van der Waals surface area contributed by atoms with Crippen LogP contribution >= 0.6 is 0 Å². The summed E-state index contributed by atoms with van der Waals surface area (Å²) in [7, 11) is 0. The average molecular weight is 226 g/mol. The van der Waals surface area contributed by atoms with Gasteiger partial charge in [0, 0.05) is 32.2 Å². The first kappa shape index (κ1) is 12.3. The molecule has 3 nitrogen and oxygen atoms in total. The van der Waals surface area contributed by atoms with Gasteiger partial charge in [-0.15, -0.1) is 0 Å². The molecular weight excluding hydrogens is 200 g/mol. The molecule has 94 valence electrons. The van der Waals surface area contributed by atoms with E-state index in [0.717, 1.165) is 25.3 Å². The molecule has 2 fully saturated rings. The molecule has 0 amide bonds. The quantitative estimate of drug-likeness (QED) is 0.708. The van der Waals surface area contributed by atoms with Crippen LogP contribution in [-0.2, 0) is 4.74 Å². The molecule has 3 heteroatoms. The van der Waals surface area contributed by atoms with Gasteiger partial charge in [-0.2, -0.15) is 0 Å². The topological polar surface area (TPSA) is 15.7 Å². The van der Waals surface area contributed by atoms with Gasteiger partial charge < -0.3 is 4.74 Å². The Morgan fingerprint density at radius 3 is 2.25 bits per heavy atom. The van der Waals surface area contributed by atoms with E-state index in [-0.39, 0.29) is 0 Å². The first-order valence-electron chi connectivity index (χ1n) is 6.91. The van der Waals surface area contributed by atoms with Crippen LogP contribution in [-0.4, -0.2) is 61.3 Å². The highest BCUT2D eigenvalue weighted by Crippen LogP contribution is 2.17. The average Bonchev–Trinajstić information content (AvgIpc) is 2.25. The third-order valence-corrected chi connectivity index (χ3v) is 4.10. The van der Waals surface area contributed by atoms with Crippen molar-refractivity contribution >= 4 is 0 Å². The molecule has 2 saturated heterocycles. The lowest BCUT2D eigenvalue weighted by atomic mass is 10.1. The van der Waals surface area contributed by atoms with Gasteiger partial charge >= 0.3 is 0 Å². The van der Waals surface area contributed by atoms with Gasteiger partial charge in [0.2, 0.25) is 0 Å². The zero-order valence-corrected chi connectivity index (χ0v) is 10.8. The van der Waals surface area contributed by atoms with Crippen molar-refractivity contribution in [2.75, 3.05) is 39.4 Å². The Morgan fingerprint density at radius 1 is 1.12 bits per heavy atom. The van der Waals surface area contributed by atoms with Crippen molar-refractivity contribution in [3.05, 3.63) is 0 Å². The Labute approximate surface area is 99.7 Å². The van der Waals surface area contributed by atoms with Gasteiger partial charge in [-0.1, -0.05) is 20.3 Å². The number of piperazine rings is 1. The molecule has 0 spiro atoms. The van der Waals surface area contributed by atoms with Crippen molar-refractivity contribution in [2.24, 2.45) is 0 Å². The second-order valence-electron chi connectivity index (χ2n) is 5.11. The normalized spacial score (nSPS) is 26.6. The first-order chi connectivity index (χ1) is 7.85. The molecule has 2 rings (SSSR count). The number of ether oxygens (including phenoxy) is 1. The SMILES string of the molecule is CCCC(CC)N1CCN(C2COC2)CC1. The fraction of sp³-hybridized carbons (Fsp3) is 1.00. The predicted octanol–water partition coefficient (Wildman–Crippen LogP) is 1.58. The van der Waals surface area contributed by atoms with E-state index in [9.17, 15) is 0 Å². The fourth-order valence-corrected chi connectivity index (χ4v) is 2.88. The molecule has 0 bridgehead atoms. The Morgan fingerprint density at radius 2 is 1.81 bits per heavy atom. The third kappa shape index (κ3) is 2.76. The monoisotopic (exact) mass is 226 g/mol. The maximum absolute atomic E-state index is 5.27. The van der Waals surface area contributed by atoms with Gasteiger partial charge in [-0.25, -0.2) is 0 Å². The fourth-order valence-electron chi connectivity index (χ4n) is 2.88. The maximum Gasteiger partial charge on any atom is 0.0645 e. The van der Waals surface area contributed by atoms with Crippen LogP contribution < -0.4 is 0 Å². The summed E-state index contributed by atoms with van der Waals surface area (Å²) in [5.41, 5.74) is 0. The molecule has 0 radical (unpaired) electrons. The van der Waals surface area contributed by atoms with Gasteiger partial charge in [0.05, 0.1) is 19.3 Å². The van der Waals surface area contributed by atoms with Crippen LogP contribution in [0.4, 0.5) is 0 Å². The van der Waals surface area contributed by atoms with E-state index in [1.54, 1.807) is 0 Å². The zero-order valence-electron chi connectivity index (χ0n) is 10.8. The van der Waals surface area contributed by atoms with Crippen LogP contribution in [0.15, 0.2) is 0 Å². The van der Waals surface area contributed by atoms with Crippen molar-refractivity contribution in [2.45, 2.75) is 45.2 Å². The van der Waals surface area contributed by atoms with Gasteiger partial charge in [-0.05, 0) is 12.8 Å². The van der Waals surface area contributed by atoms with Crippen molar-refractivity contribution in [1.82, 2.24) is 9.80 Å². The van der Waals surface area contributed by atoms with E-state index in [4.69, 9.17) is 4.74 Å². The summed E-state index contributed by atoms with van der Waals surface area (Å²) in [6, 6.07) is 1.55. The highest BCUT2D eigenvalue weighted by atomic mass is 16.5. The van der Waals surface area contributed by atoms with Crippen LogP contribution in [0, 0.1) is 0 Å². The lowest BCUT2D eigenvalue weighted by molar-refractivity contribution is -0.0800. The Bertz CT molecular complexity index is 198. The number of hydrogen-bond donors (Lipinski definition) is 0. The summed E-state index contributed by atoms with van der Waals surface area (Å²) < 4.78 is 5.27. The van der Waals surface area contributed by atoms with E-state index < -0.39 is 0 Å². The summed E-state index contributed by atoms with van der Waals surface area (Å²) in [4.78, 5) is 5.30. The third-order valence-electron chi connectivity index (χ3n) is 4.10. The van der Waals surface area contributed by atoms with Gasteiger partial charge in [0.15, 0.2) is 0 Å².